The van der Waals surface area contributed by atoms with Crippen LogP contribution in [0, 0.1) is 5.82 Å². The zero-order valence-electron chi connectivity index (χ0n) is 24.9. The smallest absolute Gasteiger partial charge is 0.410 e. The molecular weight excluding hydrogens is 555 g/mol. The quantitative estimate of drug-likeness (QED) is 0.418. The molecular formula is C31H37FN6O5. The van der Waals surface area contributed by atoms with Gasteiger partial charge in [-0.15, -0.1) is 0 Å². The summed E-state index contributed by atoms with van der Waals surface area (Å²) in [4.78, 5) is 50.6. The van der Waals surface area contributed by atoms with Crippen LogP contribution in [0.3, 0.4) is 0 Å². The van der Waals surface area contributed by atoms with Gasteiger partial charge in [0.1, 0.15) is 17.2 Å². The van der Waals surface area contributed by atoms with Crippen molar-refractivity contribution in [1.29, 1.82) is 0 Å². The molecule has 4 heterocycles. The Balaban J connectivity index is 1.32. The zero-order chi connectivity index (χ0) is 30.9. The molecule has 228 valence electrons. The van der Waals surface area contributed by atoms with Crippen molar-refractivity contribution in [3.05, 3.63) is 65.1 Å². The molecule has 1 atom stereocenters. The average molecular weight is 593 g/mol. The fourth-order valence-corrected chi connectivity index (χ4v) is 5.56. The van der Waals surface area contributed by atoms with E-state index in [9.17, 15) is 19.5 Å². The number of hydrogen-bond donors (Lipinski definition) is 2. The Hall–Kier alpha value is -4.48. The fourth-order valence-electron chi connectivity index (χ4n) is 5.56. The topological polar surface area (TPSA) is 130 Å². The molecule has 1 aromatic carbocycles. The number of carboxylic acids is 1. The van der Waals surface area contributed by atoms with E-state index >= 15 is 4.39 Å². The number of carboxylic acid groups (broad SMARTS) is 1. The van der Waals surface area contributed by atoms with E-state index in [1.807, 2.05) is 31.4 Å². The van der Waals surface area contributed by atoms with Crippen LogP contribution in [0.15, 0.2) is 36.8 Å². The summed E-state index contributed by atoms with van der Waals surface area (Å²) < 4.78 is 22.7. The first-order valence-electron chi connectivity index (χ1n) is 14.5. The number of aliphatic carboxylic acids is 1. The number of benzene rings is 1. The molecule has 11 nitrogen and oxygen atoms in total. The second kappa shape index (κ2) is 12.0. The van der Waals surface area contributed by atoms with Gasteiger partial charge in [-0.2, -0.15) is 0 Å². The highest BCUT2D eigenvalue weighted by Crippen LogP contribution is 2.29. The maximum atomic E-state index is 15.3. The molecule has 1 fully saturated rings. The summed E-state index contributed by atoms with van der Waals surface area (Å²) in [5.74, 6) is -1.75. The van der Waals surface area contributed by atoms with E-state index in [0.717, 1.165) is 18.7 Å². The first-order chi connectivity index (χ1) is 20.4. The molecule has 1 saturated heterocycles. The maximum Gasteiger partial charge on any atom is 0.410 e. The first kappa shape index (κ1) is 30.0. The number of aromatic nitrogens is 3. The van der Waals surface area contributed by atoms with E-state index in [-0.39, 0.29) is 23.6 Å². The highest BCUT2D eigenvalue weighted by atomic mass is 19.1. The number of ether oxygens (including phenoxy) is 1. The SMILES string of the molecule is CCc1c(F)cc(-c2ccc(N3CCN(C(=O)OC(C)(C)C)CC3)nc2)cc1C(=O)NC(C(=O)O)c1ncn2c1CCC2. The number of nitrogens with one attached hydrogen (secondary N) is 1. The highest BCUT2D eigenvalue weighted by molar-refractivity contribution is 5.99. The number of halogens is 1. The van der Waals surface area contributed by atoms with Crippen molar-refractivity contribution in [2.24, 2.45) is 0 Å². The Morgan fingerprint density at radius 1 is 1.07 bits per heavy atom. The molecule has 2 aromatic heterocycles. The number of hydrogen-bond acceptors (Lipinski definition) is 7. The van der Waals surface area contributed by atoms with Gasteiger partial charge in [0.05, 0.1) is 12.0 Å². The molecule has 5 rings (SSSR count). The molecule has 43 heavy (non-hydrogen) atoms. The lowest BCUT2D eigenvalue weighted by molar-refractivity contribution is -0.139. The van der Waals surface area contributed by atoms with Crippen LogP contribution in [0.25, 0.3) is 11.1 Å². The van der Waals surface area contributed by atoms with E-state index < -0.39 is 29.3 Å². The summed E-state index contributed by atoms with van der Waals surface area (Å²) in [6, 6.07) is 5.21. The molecule has 2 aliphatic heterocycles. The Labute approximate surface area is 249 Å². The number of carbonyl (C=O) groups is 3. The van der Waals surface area contributed by atoms with Gasteiger partial charge in [-0.1, -0.05) is 6.92 Å². The minimum Gasteiger partial charge on any atom is -0.479 e. The van der Waals surface area contributed by atoms with Gasteiger partial charge in [0.2, 0.25) is 0 Å². The Kier molecular flexibility index (Phi) is 8.38. The second-order valence-corrected chi connectivity index (χ2v) is 11.8. The van der Waals surface area contributed by atoms with Crippen molar-refractivity contribution in [2.75, 3.05) is 31.1 Å². The summed E-state index contributed by atoms with van der Waals surface area (Å²) in [5, 5.41) is 12.5. The number of aryl methyl sites for hydroxylation is 1. The van der Waals surface area contributed by atoms with Gasteiger partial charge in [-0.3, -0.25) is 4.79 Å². The van der Waals surface area contributed by atoms with Crippen LogP contribution in [0.5, 0.6) is 0 Å². The number of imidazole rings is 1. The monoisotopic (exact) mass is 592 g/mol. The minimum absolute atomic E-state index is 0.0712. The second-order valence-electron chi connectivity index (χ2n) is 11.8. The van der Waals surface area contributed by atoms with Gasteiger partial charge in [0, 0.05) is 61.3 Å². The van der Waals surface area contributed by atoms with E-state index in [1.54, 1.807) is 36.5 Å². The number of amides is 2. The zero-order valence-corrected chi connectivity index (χ0v) is 24.9. The molecule has 0 aliphatic carbocycles. The molecule has 2 amide bonds. The molecule has 2 aliphatic rings. The number of nitrogens with zero attached hydrogens (tertiary/aromatic N) is 5. The third-order valence-electron chi connectivity index (χ3n) is 7.72. The van der Waals surface area contributed by atoms with Gasteiger partial charge in [-0.25, -0.2) is 23.9 Å². The number of anilines is 1. The third kappa shape index (κ3) is 6.47. The van der Waals surface area contributed by atoms with Crippen LogP contribution in [-0.4, -0.2) is 74.3 Å². The van der Waals surface area contributed by atoms with Crippen molar-refractivity contribution >= 4 is 23.8 Å². The summed E-state index contributed by atoms with van der Waals surface area (Å²) in [6.07, 6.45) is 4.69. The minimum atomic E-state index is -1.35. The van der Waals surface area contributed by atoms with E-state index in [0.29, 0.717) is 55.2 Å². The predicted molar refractivity (Wildman–Crippen MR) is 157 cm³/mol. The van der Waals surface area contributed by atoms with Crippen LogP contribution in [0.1, 0.15) is 67.5 Å². The van der Waals surface area contributed by atoms with Gasteiger partial charge in [-0.05, 0) is 69.9 Å². The summed E-state index contributed by atoms with van der Waals surface area (Å²) in [7, 11) is 0. The Morgan fingerprint density at radius 3 is 2.44 bits per heavy atom. The number of fused-ring (bicyclic) bond motifs is 1. The normalized spacial score (nSPS) is 15.7. The summed E-state index contributed by atoms with van der Waals surface area (Å²) >= 11 is 0. The molecule has 3 aromatic rings. The largest absolute Gasteiger partial charge is 0.479 e. The van der Waals surface area contributed by atoms with Crippen molar-refractivity contribution < 1.29 is 28.6 Å². The molecule has 0 spiro atoms. The average Bonchev–Trinajstić information content (AvgIpc) is 3.59. The third-order valence-corrected chi connectivity index (χ3v) is 7.72. The van der Waals surface area contributed by atoms with Crippen molar-refractivity contribution in [3.63, 3.8) is 0 Å². The van der Waals surface area contributed by atoms with Gasteiger partial charge < -0.3 is 29.5 Å². The summed E-state index contributed by atoms with van der Waals surface area (Å²) in [5.41, 5.74) is 1.87. The van der Waals surface area contributed by atoms with Crippen LogP contribution in [0.4, 0.5) is 15.0 Å². The maximum absolute atomic E-state index is 15.3. The standard InChI is InChI=1S/C31H37FN6O5/c1-5-21-22(28(39)35-27(29(40)41)26-24-7-6-10-38(24)18-34-26)15-20(16-23(21)32)19-8-9-25(33-17-19)36-11-13-37(14-12-36)30(42)43-31(2,3)4/h8-9,15-18,27H,5-7,10-14H2,1-4H3,(H,35,39)(H,40,41). The van der Waals surface area contributed by atoms with Crippen molar-refractivity contribution in [2.45, 2.75) is 65.1 Å². The number of rotatable bonds is 7. The lowest BCUT2D eigenvalue weighted by Gasteiger charge is -2.36. The van der Waals surface area contributed by atoms with Gasteiger partial charge in [0.25, 0.3) is 5.91 Å². The van der Waals surface area contributed by atoms with E-state index in [4.69, 9.17) is 4.74 Å². The molecule has 0 bridgehead atoms. The fraction of sp³-hybridized carbons (Fsp3) is 0.452. The Bertz CT molecular complexity index is 1520. The van der Waals surface area contributed by atoms with Crippen LogP contribution in [0.2, 0.25) is 0 Å². The number of pyridine rings is 1. The predicted octanol–water partition coefficient (Wildman–Crippen LogP) is 4.21. The van der Waals surface area contributed by atoms with E-state index in [1.165, 1.54) is 6.07 Å². The lowest BCUT2D eigenvalue weighted by atomic mass is 9.97. The van der Waals surface area contributed by atoms with Crippen LogP contribution in [-0.2, 0) is 28.9 Å². The first-order valence-corrected chi connectivity index (χ1v) is 14.5. The van der Waals surface area contributed by atoms with Crippen molar-refractivity contribution in [3.8, 4) is 11.1 Å². The highest BCUT2D eigenvalue weighted by Gasteiger charge is 2.31. The lowest BCUT2D eigenvalue weighted by Crippen LogP contribution is -2.50. The van der Waals surface area contributed by atoms with Crippen LogP contribution >= 0.6 is 0 Å². The molecule has 12 heteroatoms. The van der Waals surface area contributed by atoms with Crippen LogP contribution < -0.4 is 10.2 Å². The Morgan fingerprint density at radius 2 is 1.81 bits per heavy atom. The van der Waals surface area contributed by atoms with E-state index in [2.05, 4.69) is 20.2 Å². The molecule has 1 unspecified atom stereocenters. The van der Waals surface area contributed by atoms with Gasteiger partial charge >= 0.3 is 12.1 Å². The molecule has 0 saturated carbocycles. The number of piperazine rings is 1. The summed E-state index contributed by atoms with van der Waals surface area (Å²) in [6.45, 7) is 10.2. The van der Waals surface area contributed by atoms with Crippen molar-refractivity contribution in [1.82, 2.24) is 24.8 Å². The van der Waals surface area contributed by atoms with Gasteiger partial charge in [0.15, 0.2) is 6.04 Å². The number of carbonyl (C=O) groups excluding carboxylic acids is 2. The molecule has 0 radical (unpaired) electrons. The molecule has 2 N–H and O–H groups in total.